The molecule has 0 spiro atoms. The minimum atomic E-state index is -1.58. The SMILES string of the molecule is COc1ccc([C@@H]2c3c(n(C(C)C)[nH]c3=O)NC(=O)[C@@H]2[N+](=O)[O-])cc1. The van der Waals surface area contributed by atoms with Crippen LogP contribution < -0.4 is 15.6 Å². The molecule has 25 heavy (non-hydrogen) atoms. The van der Waals surface area contributed by atoms with Crippen molar-refractivity contribution >= 4 is 11.7 Å². The van der Waals surface area contributed by atoms with E-state index in [1.165, 1.54) is 11.8 Å². The molecule has 9 nitrogen and oxygen atoms in total. The first kappa shape index (κ1) is 16.7. The van der Waals surface area contributed by atoms with Crippen molar-refractivity contribution in [1.29, 1.82) is 0 Å². The fourth-order valence-electron chi connectivity index (χ4n) is 3.14. The minimum absolute atomic E-state index is 0.125. The van der Waals surface area contributed by atoms with Crippen molar-refractivity contribution in [2.24, 2.45) is 0 Å². The van der Waals surface area contributed by atoms with Crippen LogP contribution in [-0.2, 0) is 4.79 Å². The van der Waals surface area contributed by atoms with Crippen molar-refractivity contribution in [3.8, 4) is 5.75 Å². The van der Waals surface area contributed by atoms with Crippen molar-refractivity contribution in [2.75, 3.05) is 12.4 Å². The van der Waals surface area contributed by atoms with Crippen LogP contribution in [0.3, 0.4) is 0 Å². The number of nitro groups is 1. The lowest BCUT2D eigenvalue weighted by atomic mass is 9.83. The van der Waals surface area contributed by atoms with Crippen molar-refractivity contribution < 1.29 is 14.5 Å². The summed E-state index contributed by atoms with van der Waals surface area (Å²) in [6.45, 7) is 3.68. The molecule has 3 rings (SSSR count). The van der Waals surface area contributed by atoms with Gasteiger partial charge in [0.25, 0.3) is 5.56 Å². The van der Waals surface area contributed by atoms with E-state index < -0.39 is 28.3 Å². The first-order valence-corrected chi connectivity index (χ1v) is 7.77. The predicted octanol–water partition coefficient (Wildman–Crippen LogP) is 1.50. The largest absolute Gasteiger partial charge is 0.497 e. The summed E-state index contributed by atoms with van der Waals surface area (Å²) in [5, 5.41) is 16.7. The summed E-state index contributed by atoms with van der Waals surface area (Å²) < 4.78 is 6.61. The number of fused-ring (bicyclic) bond motifs is 1. The number of hydrogen-bond donors (Lipinski definition) is 2. The molecule has 1 aliphatic heterocycles. The Bertz CT molecular complexity index is 881. The monoisotopic (exact) mass is 346 g/mol. The standard InChI is InChI=1S/C16H18N4O5/c1-8(2)19-14-12(15(21)18-19)11(13(20(23)24)16(22)17-14)9-4-6-10(25-3)7-5-9/h4-8,11,13H,1-3H3,(H,17,22)(H,18,21)/t11-,13-/m1/s1. The van der Waals surface area contributed by atoms with E-state index in [4.69, 9.17) is 4.74 Å². The second kappa shape index (κ2) is 6.08. The number of anilines is 1. The summed E-state index contributed by atoms with van der Waals surface area (Å²) in [5.74, 6) is -0.861. The molecule has 0 radical (unpaired) electrons. The highest BCUT2D eigenvalue weighted by Gasteiger charge is 2.48. The summed E-state index contributed by atoms with van der Waals surface area (Å²) in [6, 6.07) is 4.85. The summed E-state index contributed by atoms with van der Waals surface area (Å²) in [5.41, 5.74) is 0.252. The zero-order valence-corrected chi connectivity index (χ0v) is 14.0. The normalized spacial score (nSPS) is 19.4. The van der Waals surface area contributed by atoms with Crippen LogP contribution in [0.5, 0.6) is 5.75 Å². The molecule has 2 aromatic rings. The number of methoxy groups -OCH3 is 1. The summed E-state index contributed by atoms with van der Waals surface area (Å²) in [4.78, 5) is 35.8. The smallest absolute Gasteiger partial charge is 0.301 e. The third kappa shape index (κ3) is 2.67. The fraction of sp³-hybridized carbons (Fsp3) is 0.375. The number of aromatic nitrogens is 2. The van der Waals surface area contributed by atoms with Gasteiger partial charge in [0.05, 0.1) is 18.6 Å². The molecule has 0 bridgehead atoms. The first-order chi connectivity index (χ1) is 11.8. The molecular weight excluding hydrogens is 328 g/mol. The lowest BCUT2D eigenvalue weighted by molar-refractivity contribution is -0.509. The van der Waals surface area contributed by atoms with Gasteiger partial charge in [-0.2, -0.15) is 0 Å². The van der Waals surface area contributed by atoms with E-state index in [9.17, 15) is 19.7 Å². The lowest BCUT2D eigenvalue weighted by Crippen LogP contribution is -2.45. The summed E-state index contributed by atoms with van der Waals surface area (Å²) in [7, 11) is 1.51. The fourth-order valence-corrected chi connectivity index (χ4v) is 3.14. The molecule has 132 valence electrons. The van der Waals surface area contributed by atoms with Gasteiger partial charge in [-0.3, -0.25) is 29.5 Å². The van der Waals surface area contributed by atoms with Crippen LogP contribution in [-0.4, -0.2) is 33.8 Å². The third-order valence-electron chi connectivity index (χ3n) is 4.32. The van der Waals surface area contributed by atoms with Crippen molar-refractivity contribution in [3.05, 3.63) is 55.9 Å². The second-order valence-corrected chi connectivity index (χ2v) is 6.14. The number of aromatic amines is 1. The van der Waals surface area contributed by atoms with Gasteiger partial charge in [-0.05, 0) is 31.5 Å². The van der Waals surface area contributed by atoms with Crippen LogP contribution in [0.25, 0.3) is 0 Å². The van der Waals surface area contributed by atoms with Crippen molar-refractivity contribution in [3.63, 3.8) is 0 Å². The molecule has 0 saturated carbocycles. The summed E-state index contributed by atoms with van der Waals surface area (Å²) in [6.07, 6.45) is 0. The molecular formula is C16H18N4O5. The van der Waals surface area contributed by atoms with Gasteiger partial charge in [0, 0.05) is 11.0 Å². The molecule has 1 aromatic heterocycles. The second-order valence-electron chi connectivity index (χ2n) is 6.14. The highest BCUT2D eigenvalue weighted by atomic mass is 16.6. The number of nitrogens with one attached hydrogen (secondary N) is 2. The maximum Gasteiger partial charge on any atom is 0.301 e. The van der Waals surface area contributed by atoms with E-state index in [1.807, 2.05) is 13.8 Å². The maximum atomic E-state index is 12.5. The molecule has 0 aliphatic carbocycles. The Morgan fingerprint density at radius 3 is 2.40 bits per heavy atom. The molecule has 0 unspecified atom stereocenters. The molecule has 1 aliphatic rings. The molecule has 1 amide bonds. The Kier molecular flexibility index (Phi) is 4.07. The van der Waals surface area contributed by atoms with E-state index >= 15 is 0 Å². The van der Waals surface area contributed by atoms with Crippen LogP contribution in [0.4, 0.5) is 5.82 Å². The Morgan fingerprint density at radius 2 is 1.88 bits per heavy atom. The Hall–Kier alpha value is -3.10. The topological polar surface area (TPSA) is 119 Å². The van der Waals surface area contributed by atoms with Gasteiger partial charge in [-0.25, -0.2) is 0 Å². The number of carbonyl (C=O) groups is 1. The van der Waals surface area contributed by atoms with E-state index in [2.05, 4.69) is 10.4 Å². The molecule has 2 N–H and O–H groups in total. The number of benzene rings is 1. The number of hydrogen-bond acceptors (Lipinski definition) is 5. The first-order valence-electron chi connectivity index (χ1n) is 7.77. The molecule has 0 saturated heterocycles. The average molecular weight is 346 g/mol. The van der Waals surface area contributed by atoms with E-state index in [0.717, 1.165) is 0 Å². The van der Waals surface area contributed by atoms with Crippen LogP contribution >= 0.6 is 0 Å². The predicted molar refractivity (Wildman–Crippen MR) is 89.7 cm³/mol. The van der Waals surface area contributed by atoms with Gasteiger partial charge in [0.15, 0.2) is 0 Å². The Balaban J connectivity index is 2.23. The molecule has 2 heterocycles. The van der Waals surface area contributed by atoms with E-state index in [1.54, 1.807) is 24.3 Å². The van der Waals surface area contributed by atoms with Crippen LogP contribution in [0.1, 0.15) is 36.9 Å². The Morgan fingerprint density at radius 1 is 1.24 bits per heavy atom. The van der Waals surface area contributed by atoms with Crippen LogP contribution in [0.2, 0.25) is 0 Å². The summed E-state index contributed by atoms with van der Waals surface area (Å²) >= 11 is 0. The molecule has 9 heteroatoms. The van der Waals surface area contributed by atoms with Crippen LogP contribution in [0, 0.1) is 10.1 Å². The van der Waals surface area contributed by atoms with Gasteiger partial charge < -0.3 is 10.1 Å². The van der Waals surface area contributed by atoms with Gasteiger partial charge in [-0.15, -0.1) is 0 Å². The Labute approximate surface area is 142 Å². The van der Waals surface area contributed by atoms with Gasteiger partial charge in [0.1, 0.15) is 11.6 Å². The lowest BCUT2D eigenvalue weighted by Gasteiger charge is -2.26. The average Bonchev–Trinajstić information content (AvgIpc) is 2.90. The number of nitrogens with zero attached hydrogens (tertiary/aromatic N) is 2. The van der Waals surface area contributed by atoms with Gasteiger partial charge in [-0.1, -0.05) is 12.1 Å². The van der Waals surface area contributed by atoms with Crippen LogP contribution in [0.15, 0.2) is 29.1 Å². The third-order valence-corrected chi connectivity index (χ3v) is 4.32. The molecule has 1 aromatic carbocycles. The number of H-pyrrole nitrogens is 1. The molecule has 0 fully saturated rings. The number of amides is 1. The number of ether oxygens (including phenoxy) is 1. The number of carbonyl (C=O) groups excluding carboxylic acids is 1. The number of rotatable bonds is 4. The van der Waals surface area contributed by atoms with Crippen molar-refractivity contribution in [2.45, 2.75) is 31.8 Å². The highest BCUT2D eigenvalue weighted by Crippen LogP contribution is 2.37. The highest BCUT2D eigenvalue weighted by molar-refractivity contribution is 5.97. The molecule has 2 atom stereocenters. The zero-order chi connectivity index (χ0) is 18.3. The van der Waals surface area contributed by atoms with E-state index in [0.29, 0.717) is 11.3 Å². The van der Waals surface area contributed by atoms with E-state index in [-0.39, 0.29) is 17.4 Å². The minimum Gasteiger partial charge on any atom is -0.497 e. The quantitative estimate of drug-likeness (QED) is 0.642. The van der Waals surface area contributed by atoms with Crippen molar-refractivity contribution in [1.82, 2.24) is 9.78 Å². The zero-order valence-electron chi connectivity index (χ0n) is 14.0. The van der Waals surface area contributed by atoms with Gasteiger partial charge in [0.2, 0.25) is 0 Å². The van der Waals surface area contributed by atoms with Gasteiger partial charge >= 0.3 is 11.9 Å². The maximum absolute atomic E-state index is 12.5.